The lowest BCUT2D eigenvalue weighted by atomic mass is 9.89. The topological polar surface area (TPSA) is 58.6 Å². The molecule has 1 aromatic carbocycles. The van der Waals surface area contributed by atoms with E-state index in [2.05, 4.69) is 5.32 Å². The van der Waals surface area contributed by atoms with Crippen molar-refractivity contribution in [2.75, 3.05) is 20.3 Å². The first-order chi connectivity index (χ1) is 9.39. The molecule has 0 unspecified atom stereocenters. The van der Waals surface area contributed by atoms with Crippen LogP contribution in [0.1, 0.15) is 42.6 Å². The molecule has 0 atom stereocenters. The molecule has 0 fully saturated rings. The number of aliphatic hydroxyl groups is 1. The summed E-state index contributed by atoms with van der Waals surface area (Å²) >= 11 is 0. The van der Waals surface area contributed by atoms with Gasteiger partial charge in [-0.05, 0) is 42.9 Å². The van der Waals surface area contributed by atoms with Gasteiger partial charge in [0.25, 0.3) is 5.91 Å². The fraction of sp³-hybridized carbons (Fsp3) is 0.562. The molecule has 0 spiro atoms. The Balaban J connectivity index is 2.47. The highest BCUT2D eigenvalue weighted by molar-refractivity contribution is 5.94. The fourth-order valence-electron chi connectivity index (χ4n) is 1.91. The number of rotatable bonds is 7. The van der Waals surface area contributed by atoms with Crippen LogP contribution in [-0.4, -0.2) is 31.3 Å². The molecule has 1 rings (SSSR count). The molecule has 2 N–H and O–H groups in total. The van der Waals surface area contributed by atoms with Crippen LogP contribution in [0.2, 0.25) is 0 Å². The van der Waals surface area contributed by atoms with Gasteiger partial charge in [-0.1, -0.05) is 19.9 Å². The minimum absolute atomic E-state index is 0.0855. The van der Waals surface area contributed by atoms with Crippen molar-refractivity contribution in [3.05, 3.63) is 29.3 Å². The second-order valence-corrected chi connectivity index (χ2v) is 5.87. The summed E-state index contributed by atoms with van der Waals surface area (Å²) in [7, 11) is 1.60. The van der Waals surface area contributed by atoms with Gasteiger partial charge in [0.05, 0.1) is 7.11 Å². The average Bonchev–Trinajstić information content (AvgIpc) is 2.44. The molecular formula is C16H25NO3. The number of carbonyl (C=O) groups is 1. The minimum Gasteiger partial charge on any atom is -0.496 e. The molecule has 0 saturated carbocycles. The second-order valence-electron chi connectivity index (χ2n) is 5.87. The third-order valence-electron chi connectivity index (χ3n) is 3.41. The number of hydrogen-bond acceptors (Lipinski definition) is 3. The molecule has 0 aliphatic carbocycles. The number of ether oxygens (including phenoxy) is 1. The van der Waals surface area contributed by atoms with Gasteiger partial charge in [0.1, 0.15) is 5.75 Å². The van der Waals surface area contributed by atoms with Crippen LogP contribution in [0.25, 0.3) is 0 Å². The Morgan fingerprint density at radius 3 is 2.70 bits per heavy atom. The summed E-state index contributed by atoms with van der Waals surface area (Å²) in [5.41, 5.74) is 1.53. The van der Waals surface area contributed by atoms with Crippen LogP contribution in [0.3, 0.4) is 0 Å². The quantitative estimate of drug-likeness (QED) is 0.754. The Hall–Kier alpha value is -1.55. The number of methoxy groups -OCH3 is 1. The van der Waals surface area contributed by atoms with Gasteiger partial charge in [-0.2, -0.15) is 0 Å². The molecule has 0 bridgehead atoms. The summed E-state index contributed by atoms with van der Waals surface area (Å²) in [6.07, 6.45) is 1.73. The Bertz CT molecular complexity index is 455. The molecule has 20 heavy (non-hydrogen) atoms. The summed E-state index contributed by atoms with van der Waals surface area (Å²) in [4.78, 5) is 12.0. The van der Waals surface area contributed by atoms with Gasteiger partial charge in [0.15, 0.2) is 0 Å². The van der Waals surface area contributed by atoms with Crippen LogP contribution < -0.4 is 10.1 Å². The van der Waals surface area contributed by atoms with Gasteiger partial charge in [0, 0.05) is 18.7 Å². The summed E-state index contributed by atoms with van der Waals surface area (Å²) in [6, 6.07) is 5.43. The summed E-state index contributed by atoms with van der Waals surface area (Å²) in [5, 5.41) is 12.1. The standard InChI is InChI=1S/C16H25NO3/c1-12-6-7-13(10-14(12)20-4)15(19)17-9-5-8-16(2,3)11-18/h6-7,10,18H,5,8-9,11H2,1-4H3,(H,17,19). The van der Waals surface area contributed by atoms with E-state index in [4.69, 9.17) is 9.84 Å². The van der Waals surface area contributed by atoms with Crippen LogP contribution in [0.5, 0.6) is 5.75 Å². The lowest BCUT2D eigenvalue weighted by molar-refractivity contribution is 0.0948. The van der Waals surface area contributed by atoms with Crippen molar-refractivity contribution in [1.29, 1.82) is 0 Å². The molecule has 0 aliphatic rings. The molecular weight excluding hydrogens is 254 g/mol. The SMILES string of the molecule is COc1cc(C(=O)NCCCC(C)(C)CO)ccc1C. The Labute approximate surface area is 121 Å². The Morgan fingerprint density at radius 2 is 2.10 bits per heavy atom. The van der Waals surface area contributed by atoms with E-state index in [9.17, 15) is 4.79 Å². The van der Waals surface area contributed by atoms with Crippen LogP contribution in [-0.2, 0) is 0 Å². The molecule has 0 saturated heterocycles. The van der Waals surface area contributed by atoms with E-state index in [1.165, 1.54) is 0 Å². The molecule has 112 valence electrons. The molecule has 4 heteroatoms. The van der Waals surface area contributed by atoms with Crippen molar-refractivity contribution in [2.45, 2.75) is 33.6 Å². The fourth-order valence-corrected chi connectivity index (χ4v) is 1.91. The summed E-state index contributed by atoms with van der Waals surface area (Å²) in [6.45, 7) is 6.74. The van der Waals surface area contributed by atoms with E-state index < -0.39 is 0 Å². The third-order valence-corrected chi connectivity index (χ3v) is 3.41. The maximum absolute atomic E-state index is 12.0. The Morgan fingerprint density at radius 1 is 1.40 bits per heavy atom. The zero-order valence-electron chi connectivity index (χ0n) is 12.8. The first kappa shape index (κ1) is 16.5. The largest absolute Gasteiger partial charge is 0.496 e. The first-order valence-electron chi connectivity index (χ1n) is 6.93. The highest BCUT2D eigenvalue weighted by Crippen LogP contribution is 2.21. The monoisotopic (exact) mass is 279 g/mol. The predicted octanol–water partition coefficient (Wildman–Crippen LogP) is 2.53. The maximum Gasteiger partial charge on any atom is 0.251 e. The molecule has 0 aliphatic heterocycles. The smallest absolute Gasteiger partial charge is 0.251 e. The Kier molecular flexibility index (Phi) is 6.02. The van der Waals surface area contributed by atoms with E-state index in [0.29, 0.717) is 12.1 Å². The van der Waals surface area contributed by atoms with Gasteiger partial charge in [-0.3, -0.25) is 4.79 Å². The zero-order valence-corrected chi connectivity index (χ0v) is 12.8. The van der Waals surface area contributed by atoms with Gasteiger partial charge in [0.2, 0.25) is 0 Å². The van der Waals surface area contributed by atoms with Crippen LogP contribution in [0, 0.1) is 12.3 Å². The lowest BCUT2D eigenvalue weighted by Crippen LogP contribution is -2.26. The van der Waals surface area contributed by atoms with Crippen LogP contribution >= 0.6 is 0 Å². The van der Waals surface area contributed by atoms with Gasteiger partial charge >= 0.3 is 0 Å². The first-order valence-corrected chi connectivity index (χ1v) is 6.93. The van der Waals surface area contributed by atoms with Gasteiger partial charge in [-0.15, -0.1) is 0 Å². The molecule has 0 heterocycles. The molecule has 4 nitrogen and oxygen atoms in total. The van der Waals surface area contributed by atoms with Crippen molar-refractivity contribution in [3.8, 4) is 5.75 Å². The molecule has 1 aromatic rings. The van der Waals surface area contributed by atoms with Crippen molar-refractivity contribution in [3.63, 3.8) is 0 Å². The highest BCUT2D eigenvalue weighted by atomic mass is 16.5. The number of carbonyl (C=O) groups excluding carboxylic acids is 1. The van der Waals surface area contributed by atoms with E-state index in [-0.39, 0.29) is 17.9 Å². The third kappa shape index (κ3) is 4.85. The number of amides is 1. The van der Waals surface area contributed by atoms with Gasteiger partial charge < -0.3 is 15.2 Å². The summed E-state index contributed by atoms with van der Waals surface area (Å²) in [5.74, 6) is 0.629. The maximum atomic E-state index is 12.0. The molecule has 0 aromatic heterocycles. The number of aryl methyl sites for hydroxylation is 1. The van der Waals surface area contributed by atoms with Crippen LogP contribution in [0.4, 0.5) is 0 Å². The van der Waals surface area contributed by atoms with Gasteiger partial charge in [-0.25, -0.2) is 0 Å². The number of aliphatic hydroxyl groups excluding tert-OH is 1. The highest BCUT2D eigenvalue weighted by Gasteiger charge is 2.15. The average molecular weight is 279 g/mol. The van der Waals surface area contributed by atoms with Crippen molar-refractivity contribution in [1.82, 2.24) is 5.32 Å². The van der Waals surface area contributed by atoms with E-state index in [1.54, 1.807) is 19.2 Å². The van der Waals surface area contributed by atoms with Crippen molar-refractivity contribution < 1.29 is 14.6 Å². The second kappa shape index (κ2) is 7.29. The number of nitrogens with one attached hydrogen (secondary N) is 1. The van der Waals surface area contributed by atoms with Crippen molar-refractivity contribution in [2.24, 2.45) is 5.41 Å². The number of benzene rings is 1. The normalized spacial score (nSPS) is 11.2. The van der Waals surface area contributed by atoms with E-state index in [1.807, 2.05) is 26.8 Å². The molecule has 1 amide bonds. The lowest BCUT2D eigenvalue weighted by Gasteiger charge is -2.21. The van der Waals surface area contributed by atoms with E-state index in [0.717, 1.165) is 24.2 Å². The number of hydrogen-bond donors (Lipinski definition) is 2. The minimum atomic E-state index is -0.0925. The van der Waals surface area contributed by atoms with Crippen LogP contribution in [0.15, 0.2) is 18.2 Å². The zero-order chi connectivity index (χ0) is 15.2. The summed E-state index contributed by atoms with van der Waals surface area (Å²) < 4.78 is 5.21. The van der Waals surface area contributed by atoms with Crippen molar-refractivity contribution >= 4 is 5.91 Å². The predicted molar refractivity (Wildman–Crippen MR) is 80.2 cm³/mol. The molecule has 0 radical (unpaired) electrons. The van der Waals surface area contributed by atoms with E-state index >= 15 is 0 Å².